The van der Waals surface area contributed by atoms with Crippen molar-refractivity contribution < 1.29 is 13.9 Å². The number of benzene rings is 1. The van der Waals surface area contributed by atoms with Crippen LogP contribution in [0.5, 0.6) is 0 Å². The van der Waals surface area contributed by atoms with E-state index in [1.807, 2.05) is 13.8 Å². The van der Waals surface area contributed by atoms with E-state index in [0.717, 1.165) is 38.3 Å². The Labute approximate surface area is 165 Å². The van der Waals surface area contributed by atoms with Crippen LogP contribution in [0.3, 0.4) is 0 Å². The van der Waals surface area contributed by atoms with Crippen LogP contribution in [-0.4, -0.2) is 36.3 Å². The van der Waals surface area contributed by atoms with Gasteiger partial charge in [0, 0.05) is 31.1 Å². The second kappa shape index (κ2) is 10.9. The Morgan fingerprint density at radius 2 is 1.96 bits per heavy atom. The number of halogens is 3. The second-order valence-corrected chi connectivity index (χ2v) is 6.44. The molecule has 142 valence electrons. The summed E-state index contributed by atoms with van der Waals surface area (Å²) in [6.07, 6.45) is 3.23. The van der Waals surface area contributed by atoms with Gasteiger partial charge in [0.05, 0.1) is 6.10 Å². The highest BCUT2D eigenvalue weighted by Crippen LogP contribution is 2.21. The van der Waals surface area contributed by atoms with E-state index >= 15 is 0 Å². The summed E-state index contributed by atoms with van der Waals surface area (Å²) in [6, 6.07) is 3.96. The molecular weight excluding hydrogens is 439 g/mol. The van der Waals surface area contributed by atoms with Crippen molar-refractivity contribution in [3.63, 3.8) is 0 Å². The van der Waals surface area contributed by atoms with Gasteiger partial charge in [-0.3, -0.25) is 4.99 Å². The van der Waals surface area contributed by atoms with Crippen LogP contribution in [-0.2, 0) is 0 Å². The normalized spacial score (nSPS) is 22.0. The number of aliphatic hydroxyl groups is 1. The van der Waals surface area contributed by atoms with Crippen molar-refractivity contribution in [3.05, 3.63) is 35.4 Å². The lowest BCUT2D eigenvalue weighted by molar-refractivity contribution is 0.120. The fourth-order valence-electron chi connectivity index (χ4n) is 2.96. The first-order valence-electron chi connectivity index (χ1n) is 8.67. The van der Waals surface area contributed by atoms with Crippen LogP contribution in [0.1, 0.15) is 51.0 Å². The number of aliphatic imine (C=N–C) groups is 1. The Morgan fingerprint density at radius 3 is 2.56 bits per heavy atom. The number of nitrogens with one attached hydrogen (secondary N) is 2. The lowest BCUT2D eigenvalue weighted by Gasteiger charge is -2.27. The number of rotatable bonds is 5. The summed E-state index contributed by atoms with van der Waals surface area (Å²) >= 11 is 0. The van der Waals surface area contributed by atoms with Crippen LogP contribution in [0.15, 0.2) is 23.2 Å². The minimum absolute atomic E-state index is 0. The predicted octanol–water partition coefficient (Wildman–Crippen LogP) is 3.54. The van der Waals surface area contributed by atoms with Crippen LogP contribution in [0.4, 0.5) is 8.78 Å². The molecule has 3 N–H and O–H groups in total. The van der Waals surface area contributed by atoms with E-state index in [2.05, 4.69) is 15.6 Å². The first kappa shape index (κ1) is 22.1. The van der Waals surface area contributed by atoms with Crippen LogP contribution >= 0.6 is 24.0 Å². The molecule has 0 aliphatic heterocycles. The maximum Gasteiger partial charge on any atom is 0.191 e. The minimum atomic E-state index is -0.568. The molecule has 1 aliphatic carbocycles. The molecule has 4 nitrogen and oxygen atoms in total. The maximum absolute atomic E-state index is 13.8. The monoisotopic (exact) mass is 467 g/mol. The topological polar surface area (TPSA) is 56.7 Å². The molecule has 0 saturated heterocycles. The Hall–Kier alpha value is -0.960. The molecule has 0 heterocycles. The fraction of sp³-hybridized carbons (Fsp3) is 0.611. The highest BCUT2D eigenvalue weighted by molar-refractivity contribution is 14.0. The molecule has 1 fully saturated rings. The van der Waals surface area contributed by atoms with Gasteiger partial charge in [-0.25, -0.2) is 8.78 Å². The molecule has 0 spiro atoms. The van der Waals surface area contributed by atoms with E-state index in [0.29, 0.717) is 24.1 Å². The zero-order valence-corrected chi connectivity index (χ0v) is 17.1. The molecule has 1 aromatic rings. The summed E-state index contributed by atoms with van der Waals surface area (Å²) in [5.41, 5.74) is 0.469. The zero-order valence-electron chi connectivity index (χ0n) is 14.8. The molecule has 7 heteroatoms. The van der Waals surface area contributed by atoms with Crippen LogP contribution in [0.25, 0.3) is 0 Å². The molecule has 0 amide bonds. The van der Waals surface area contributed by atoms with Crippen molar-refractivity contribution >= 4 is 29.9 Å². The van der Waals surface area contributed by atoms with Gasteiger partial charge in [-0.05, 0) is 44.2 Å². The van der Waals surface area contributed by atoms with E-state index in [-0.39, 0.29) is 36.0 Å². The van der Waals surface area contributed by atoms with E-state index in [4.69, 9.17) is 0 Å². The molecule has 0 radical (unpaired) electrons. The van der Waals surface area contributed by atoms with Gasteiger partial charge < -0.3 is 15.7 Å². The van der Waals surface area contributed by atoms with Gasteiger partial charge in [0.15, 0.2) is 5.96 Å². The highest BCUT2D eigenvalue weighted by Gasteiger charge is 2.20. The average molecular weight is 467 g/mol. The molecule has 25 heavy (non-hydrogen) atoms. The van der Waals surface area contributed by atoms with Gasteiger partial charge in [0.1, 0.15) is 11.6 Å². The van der Waals surface area contributed by atoms with E-state index in [1.54, 1.807) is 0 Å². The summed E-state index contributed by atoms with van der Waals surface area (Å²) in [5.74, 6) is -0.541. The summed E-state index contributed by atoms with van der Waals surface area (Å²) < 4.78 is 26.8. The Balaban J connectivity index is 0.00000312. The van der Waals surface area contributed by atoms with Gasteiger partial charge in [0.25, 0.3) is 0 Å². The summed E-state index contributed by atoms with van der Waals surface area (Å²) in [5, 5.41) is 16.2. The zero-order chi connectivity index (χ0) is 17.5. The highest BCUT2D eigenvalue weighted by atomic mass is 127. The minimum Gasteiger partial charge on any atom is -0.393 e. The fourth-order valence-corrected chi connectivity index (χ4v) is 2.96. The average Bonchev–Trinajstić information content (AvgIpc) is 2.54. The van der Waals surface area contributed by atoms with Gasteiger partial charge >= 0.3 is 0 Å². The quantitative estimate of drug-likeness (QED) is 0.353. The molecule has 0 bridgehead atoms. The van der Waals surface area contributed by atoms with Crippen molar-refractivity contribution in [3.8, 4) is 0 Å². The first-order valence-corrected chi connectivity index (χ1v) is 8.67. The van der Waals surface area contributed by atoms with Gasteiger partial charge in [0.2, 0.25) is 0 Å². The predicted molar refractivity (Wildman–Crippen MR) is 108 cm³/mol. The van der Waals surface area contributed by atoms with E-state index in [9.17, 15) is 13.9 Å². The van der Waals surface area contributed by atoms with E-state index < -0.39 is 11.6 Å². The standard InChI is InChI=1S/C18H27F2N3O.HI/c1-3-21-18(23-14-5-7-15(24)8-6-14)22-11-12(2)16-9-4-13(19)10-17(16)20;/h4,9-10,12,14-15,24H,3,5-8,11H2,1-2H3,(H2,21,22,23);1H. The third kappa shape index (κ3) is 7.05. The molecule has 2 rings (SSSR count). The van der Waals surface area contributed by atoms with Crippen molar-refractivity contribution in [1.82, 2.24) is 10.6 Å². The SMILES string of the molecule is CCNC(=NCC(C)c1ccc(F)cc1F)NC1CCC(O)CC1.I. The van der Waals surface area contributed by atoms with Crippen molar-refractivity contribution in [2.75, 3.05) is 13.1 Å². The third-order valence-electron chi connectivity index (χ3n) is 4.40. The molecular formula is C18H28F2IN3O. The van der Waals surface area contributed by atoms with E-state index in [1.165, 1.54) is 12.1 Å². The van der Waals surface area contributed by atoms with Crippen LogP contribution in [0, 0.1) is 11.6 Å². The summed E-state index contributed by atoms with van der Waals surface area (Å²) in [6.45, 7) is 5.01. The smallest absolute Gasteiger partial charge is 0.191 e. The van der Waals surface area contributed by atoms with Crippen molar-refractivity contribution in [2.24, 2.45) is 4.99 Å². The Kier molecular flexibility index (Phi) is 9.63. The van der Waals surface area contributed by atoms with Gasteiger partial charge in [-0.2, -0.15) is 0 Å². The van der Waals surface area contributed by atoms with Crippen molar-refractivity contribution in [2.45, 2.75) is 57.6 Å². The van der Waals surface area contributed by atoms with Crippen LogP contribution in [0.2, 0.25) is 0 Å². The molecule has 1 aliphatic rings. The summed E-state index contributed by atoms with van der Waals surface area (Å²) in [7, 11) is 0. The number of guanidine groups is 1. The largest absolute Gasteiger partial charge is 0.393 e. The number of nitrogens with zero attached hydrogens (tertiary/aromatic N) is 1. The maximum atomic E-state index is 13.8. The molecule has 1 saturated carbocycles. The number of hydrogen-bond donors (Lipinski definition) is 3. The summed E-state index contributed by atoms with van der Waals surface area (Å²) in [4.78, 5) is 4.54. The molecule has 1 aromatic carbocycles. The lowest BCUT2D eigenvalue weighted by Crippen LogP contribution is -2.45. The molecule has 1 atom stereocenters. The van der Waals surface area contributed by atoms with Crippen LogP contribution < -0.4 is 10.6 Å². The Bertz CT molecular complexity index is 563. The van der Waals surface area contributed by atoms with Gasteiger partial charge in [-0.1, -0.05) is 13.0 Å². The molecule has 1 unspecified atom stereocenters. The number of aliphatic hydroxyl groups excluding tert-OH is 1. The lowest BCUT2D eigenvalue weighted by atomic mass is 9.93. The third-order valence-corrected chi connectivity index (χ3v) is 4.40. The van der Waals surface area contributed by atoms with Crippen molar-refractivity contribution in [1.29, 1.82) is 0 Å². The Morgan fingerprint density at radius 1 is 1.28 bits per heavy atom. The number of hydrogen-bond acceptors (Lipinski definition) is 2. The molecule has 0 aromatic heterocycles. The van der Waals surface area contributed by atoms with Gasteiger partial charge in [-0.15, -0.1) is 24.0 Å². The second-order valence-electron chi connectivity index (χ2n) is 6.44. The first-order chi connectivity index (χ1) is 11.5.